The van der Waals surface area contributed by atoms with Gasteiger partial charge in [0.1, 0.15) is 6.54 Å². The quantitative estimate of drug-likeness (QED) is 0.690. The number of carbonyl (C=O) groups is 1. The van der Waals surface area contributed by atoms with Gasteiger partial charge in [-0.1, -0.05) is 11.6 Å². The number of hydrogen-bond donors (Lipinski definition) is 0. The SMILES string of the molecule is COC(=O)Cn1nc(Cl)c(OC)cc1=O. The summed E-state index contributed by atoms with van der Waals surface area (Å²) in [4.78, 5) is 22.3. The van der Waals surface area contributed by atoms with Gasteiger partial charge in [0.05, 0.1) is 20.3 Å². The Morgan fingerprint density at radius 3 is 2.80 bits per heavy atom. The molecular weight excluding hydrogens is 224 g/mol. The highest BCUT2D eigenvalue weighted by Gasteiger charge is 2.10. The van der Waals surface area contributed by atoms with E-state index < -0.39 is 11.5 Å². The van der Waals surface area contributed by atoms with Gasteiger partial charge in [-0.05, 0) is 0 Å². The van der Waals surface area contributed by atoms with E-state index in [1.54, 1.807) is 0 Å². The minimum absolute atomic E-state index is 0.0148. The summed E-state index contributed by atoms with van der Waals surface area (Å²) in [5, 5.41) is 3.69. The van der Waals surface area contributed by atoms with E-state index in [4.69, 9.17) is 16.3 Å². The number of ether oxygens (including phenoxy) is 2. The van der Waals surface area contributed by atoms with Crippen LogP contribution in [0, 0.1) is 0 Å². The van der Waals surface area contributed by atoms with Gasteiger partial charge in [0.2, 0.25) is 0 Å². The molecule has 0 amide bonds. The fourth-order valence-electron chi connectivity index (χ4n) is 0.894. The fourth-order valence-corrected chi connectivity index (χ4v) is 1.12. The molecule has 0 N–H and O–H groups in total. The maximum atomic E-state index is 11.4. The number of hydrogen-bond acceptors (Lipinski definition) is 5. The molecular formula is C8H9ClN2O4. The van der Waals surface area contributed by atoms with Crippen molar-refractivity contribution >= 4 is 17.6 Å². The van der Waals surface area contributed by atoms with Gasteiger partial charge in [0, 0.05) is 0 Å². The van der Waals surface area contributed by atoms with Gasteiger partial charge in [0.25, 0.3) is 5.56 Å². The topological polar surface area (TPSA) is 70.4 Å². The first kappa shape index (κ1) is 11.5. The number of rotatable bonds is 3. The lowest BCUT2D eigenvalue weighted by Gasteiger charge is -2.05. The van der Waals surface area contributed by atoms with E-state index in [-0.39, 0.29) is 17.4 Å². The zero-order valence-corrected chi connectivity index (χ0v) is 8.95. The highest BCUT2D eigenvalue weighted by Crippen LogP contribution is 2.17. The molecule has 0 spiro atoms. The molecule has 1 rings (SSSR count). The van der Waals surface area contributed by atoms with E-state index in [1.165, 1.54) is 14.2 Å². The Labute approximate surface area is 90.4 Å². The van der Waals surface area contributed by atoms with Crippen molar-refractivity contribution in [3.63, 3.8) is 0 Å². The van der Waals surface area contributed by atoms with E-state index >= 15 is 0 Å². The molecule has 0 fully saturated rings. The van der Waals surface area contributed by atoms with Crippen LogP contribution in [0.4, 0.5) is 0 Å². The summed E-state index contributed by atoms with van der Waals surface area (Å²) in [6, 6.07) is 1.15. The van der Waals surface area contributed by atoms with E-state index in [9.17, 15) is 9.59 Å². The third-order valence-electron chi connectivity index (χ3n) is 1.65. The first-order valence-corrected chi connectivity index (χ1v) is 4.34. The second-order valence-electron chi connectivity index (χ2n) is 2.58. The zero-order chi connectivity index (χ0) is 11.4. The molecule has 0 bridgehead atoms. The number of esters is 1. The summed E-state index contributed by atoms with van der Waals surface area (Å²) in [7, 11) is 2.59. The number of halogens is 1. The van der Waals surface area contributed by atoms with Crippen molar-refractivity contribution in [3.8, 4) is 5.75 Å². The van der Waals surface area contributed by atoms with Crippen LogP contribution in [0.25, 0.3) is 0 Å². The van der Waals surface area contributed by atoms with Crippen molar-refractivity contribution in [2.45, 2.75) is 6.54 Å². The van der Waals surface area contributed by atoms with E-state index in [1.807, 2.05) is 0 Å². The summed E-state index contributed by atoms with van der Waals surface area (Å²) in [6.45, 7) is -0.279. The molecule has 6 nitrogen and oxygen atoms in total. The summed E-state index contributed by atoms with van der Waals surface area (Å²) in [5.41, 5.74) is -0.485. The lowest BCUT2D eigenvalue weighted by Crippen LogP contribution is -2.26. The van der Waals surface area contributed by atoms with Gasteiger partial charge in [-0.15, -0.1) is 0 Å². The van der Waals surface area contributed by atoms with Crippen LogP contribution in [0.15, 0.2) is 10.9 Å². The molecule has 0 saturated heterocycles. The van der Waals surface area contributed by atoms with Crippen molar-refractivity contribution in [2.75, 3.05) is 14.2 Å². The van der Waals surface area contributed by atoms with Gasteiger partial charge >= 0.3 is 5.97 Å². The maximum Gasteiger partial charge on any atom is 0.327 e. The standard InChI is InChI=1S/C8H9ClN2O4/c1-14-5-3-6(12)11(10-8(5)9)4-7(13)15-2/h3H,4H2,1-2H3. The van der Waals surface area contributed by atoms with Gasteiger partial charge in [-0.25, -0.2) is 4.68 Å². The highest BCUT2D eigenvalue weighted by atomic mass is 35.5. The first-order valence-electron chi connectivity index (χ1n) is 3.97. The average Bonchev–Trinajstić information content (AvgIpc) is 2.22. The third kappa shape index (κ3) is 2.69. The van der Waals surface area contributed by atoms with Crippen LogP contribution in [-0.2, 0) is 16.1 Å². The highest BCUT2D eigenvalue weighted by molar-refractivity contribution is 6.30. The second-order valence-corrected chi connectivity index (χ2v) is 2.93. The normalized spacial score (nSPS) is 9.80. The summed E-state index contributed by atoms with van der Waals surface area (Å²) >= 11 is 5.68. The molecule has 0 atom stereocenters. The Balaban J connectivity index is 3.06. The molecule has 0 aliphatic rings. The molecule has 0 aromatic carbocycles. The average molecular weight is 233 g/mol. The van der Waals surface area contributed by atoms with Crippen molar-refractivity contribution < 1.29 is 14.3 Å². The Morgan fingerprint density at radius 2 is 2.27 bits per heavy atom. The Morgan fingerprint density at radius 1 is 1.60 bits per heavy atom. The third-order valence-corrected chi connectivity index (χ3v) is 1.91. The molecule has 1 aromatic heterocycles. The largest absolute Gasteiger partial charge is 0.493 e. The van der Waals surface area contributed by atoms with E-state index in [0.717, 1.165) is 10.7 Å². The molecule has 15 heavy (non-hydrogen) atoms. The predicted molar refractivity (Wildman–Crippen MR) is 52.1 cm³/mol. The maximum absolute atomic E-state index is 11.4. The van der Waals surface area contributed by atoms with E-state index in [2.05, 4.69) is 9.84 Å². The van der Waals surface area contributed by atoms with Crippen molar-refractivity contribution in [3.05, 3.63) is 21.6 Å². The van der Waals surface area contributed by atoms with Gasteiger partial charge in [-0.3, -0.25) is 9.59 Å². The first-order chi connectivity index (χ1) is 7.08. The molecule has 0 radical (unpaired) electrons. The number of carbonyl (C=O) groups excluding carboxylic acids is 1. The number of aromatic nitrogens is 2. The van der Waals surface area contributed by atoms with Crippen LogP contribution in [-0.4, -0.2) is 30.0 Å². The molecule has 0 aliphatic heterocycles. The minimum atomic E-state index is -0.578. The van der Waals surface area contributed by atoms with Crippen LogP contribution >= 0.6 is 11.6 Å². The van der Waals surface area contributed by atoms with E-state index in [0.29, 0.717) is 0 Å². The summed E-state index contributed by atoms with van der Waals surface area (Å²) in [6.07, 6.45) is 0. The van der Waals surface area contributed by atoms with Crippen molar-refractivity contribution in [1.29, 1.82) is 0 Å². The molecule has 1 heterocycles. The van der Waals surface area contributed by atoms with Crippen LogP contribution in [0.2, 0.25) is 5.15 Å². The number of nitrogens with zero attached hydrogens (tertiary/aromatic N) is 2. The van der Waals surface area contributed by atoms with Crippen LogP contribution in [0.5, 0.6) is 5.75 Å². The van der Waals surface area contributed by atoms with Crippen molar-refractivity contribution in [1.82, 2.24) is 9.78 Å². The lowest BCUT2D eigenvalue weighted by atomic mass is 10.5. The lowest BCUT2D eigenvalue weighted by molar-refractivity contribution is -0.141. The van der Waals surface area contributed by atoms with Crippen LogP contribution in [0.3, 0.4) is 0 Å². The molecule has 7 heteroatoms. The second kappa shape index (κ2) is 4.79. The molecule has 82 valence electrons. The summed E-state index contributed by atoms with van der Waals surface area (Å²) < 4.78 is 10.1. The molecule has 0 unspecified atom stereocenters. The van der Waals surface area contributed by atoms with Gasteiger partial charge < -0.3 is 9.47 Å². The van der Waals surface area contributed by atoms with Gasteiger partial charge in [-0.2, -0.15) is 5.10 Å². The minimum Gasteiger partial charge on any atom is -0.493 e. The Hall–Kier alpha value is -1.56. The zero-order valence-electron chi connectivity index (χ0n) is 8.19. The van der Waals surface area contributed by atoms with Gasteiger partial charge in [0.15, 0.2) is 10.9 Å². The predicted octanol–water partition coefficient (Wildman–Crippen LogP) is 0.0783. The Bertz CT molecular complexity index is 429. The monoisotopic (exact) mass is 232 g/mol. The Kier molecular flexibility index (Phi) is 3.68. The molecule has 0 saturated carbocycles. The van der Waals surface area contributed by atoms with Crippen molar-refractivity contribution in [2.24, 2.45) is 0 Å². The van der Waals surface area contributed by atoms with Crippen LogP contribution < -0.4 is 10.3 Å². The molecule has 0 aliphatic carbocycles. The molecule has 1 aromatic rings. The fraction of sp³-hybridized carbons (Fsp3) is 0.375. The number of methoxy groups -OCH3 is 2. The smallest absolute Gasteiger partial charge is 0.327 e. The summed E-state index contributed by atoms with van der Waals surface area (Å²) in [5.74, 6) is -0.409. The van der Waals surface area contributed by atoms with Crippen LogP contribution in [0.1, 0.15) is 0 Å².